The molecule has 0 radical (unpaired) electrons. The lowest BCUT2D eigenvalue weighted by Gasteiger charge is -2.33. The summed E-state index contributed by atoms with van der Waals surface area (Å²) in [6.45, 7) is 4.66. The van der Waals surface area contributed by atoms with Gasteiger partial charge in [0, 0.05) is 42.6 Å². The molecule has 1 amide bonds. The Balaban J connectivity index is 0.000000459. The molecule has 10 nitrogen and oxygen atoms in total. The van der Waals surface area contributed by atoms with Crippen molar-refractivity contribution in [3.05, 3.63) is 71.6 Å². The lowest BCUT2D eigenvalue weighted by molar-refractivity contribution is -0.134. The minimum absolute atomic E-state index is 0.0293. The molecule has 0 saturated carbocycles. The van der Waals surface area contributed by atoms with E-state index in [0.717, 1.165) is 29.7 Å². The summed E-state index contributed by atoms with van der Waals surface area (Å²) in [5.41, 5.74) is 3.29. The standard InChI is InChI=1S/C24H28FN3O3.C4H4O4/c1-15(2)26-13-20(29)14-31-21-9-7-19(8-10-21)28-23(30)11-17-4-3-16-5-6-18(25)12-22(16)24(17)27-28;5-3(6)1-2-4(7)8/h5-10,12,15,17,20,26,29H,3-4,11,13-14H2,1-2H3;1-2H,(H,5,6)(H,7,8)/b;2-1-. The fraction of sp³-hybridized carbons (Fsp3) is 0.357. The van der Waals surface area contributed by atoms with Gasteiger partial charge in [0.15, 0.2) is 0 Å². The first-order chi connectivity index (χ1) is 18.5. The third-order valence-electron chi connectivity index (χ3n) is 6.02. The highest BCUT2D eigenvalue weighted by molar-refractivity contribution is 6.11. The van der Waals surface area contributed by atoms with E-state index in [1.165, 1.54) is 17.1 Å². The molecule has 0 saturated heterocycles. The van der Waals surface area contributed by atoms with Gasteiger partial charge in [0.2, 0.25) is 5.91 Å². The molecule has 0 bridgehead atoms. The number of benzene rings is 2. The number of ether oxygens (including phenoxy) is 1. The summed E-state index contributed by atoms with van der Waals surface area (Å²) in [5.74, 6) is -2.25. The number of aliphatic hydroxyl groups excluding tert-OH is 1. The van der Waals surface area contributed by atoms with Crippen molar-refractivity contribution in [2.75, 3.05) is 18.2 Å². The molecule has 2 aliphatic rings. The van der Waals surface area contributed by atoms with E-state index >= 15 is 0 Å². The average molecular weight is 542 g/mol. The molecule has 0 aromatic heterocycles. The number of aliphatic hydroxyl groups is 1. The fourth-order valence-corrected chi connectivity index (χ4v) is 4.14. The van der Waals surface area contributed by atoms with Crippen molar-refractivity contribution < 1.29 is 38.8 Å². The Bertz CT molecular complexity index is 1230. The van der Waals surface area contributed by atoms with Gasteiger partial charge in [-0.1, -0.05) is 19.9 Å². The summed E-state index contributed by atoms with van der Waals surface area (Å²) in [6, 6.07) is 12.1. The van der Waals surface area contributed by atoms with Gasteiger partial charge in [-0.25, -0.2) is 19.0 Å². The first-order valence-electron chi connectivity index (χ1n) is 12.5. The maximum Gasteiger partial charge on any atom is 0.328 e. The Morgan fingerprint density at radius 1 is 1.15 bits per heavy atom. The van der Waals surface area contributed by atoms with Crippen molar-refractivity contribution in [2.24, 2.45) is 11.0 Å². The van der Waals surface area contributed by atoms with Crippen LogP contribution in [-0.4, -0.2) is 64.2 Å². The maximum atomic E-state index is 13.8. The highest BCUT2D eigenvalue weighted by Gasteiger charge is 2.34. The van der Waals surface area contributed by atoms with Gasteiger partial charge in [-0.05, 0) is 54.8 Å². The Kier molecular flexibility index (Phi) is 10.3. The molecule has 208 valence electrons. The summed E-state index contributed by atoms with van der Waals surface area (Å²) >= 11 is 0. The van der Waals surface area contributed by atoms with Crippen molar-refractivity contribution in [1.82, 2.24) is 5.32 Å². The molecular weight excluding hydrogens is 509 g/mol. The van der Waals surface area contributed by atoms with Crippen LogP contribution >= 0.6 is 0 Å². The summed E-state index contributed by atoms with van der Waals surface area (Å²) in [5, 5.41) is 34.8. The number of carboxylic acid groups (broad SMARTS) is 2. The van der Waals surface area contributed by atoms with E-state index in [9.17, 15) is 23.9 Å². The van der Waals surface area contributed by atoms with E-state index < -0.39 is 18.0 Å². The Morgan fingerprint density at radius 2 is 1.82 bits per heavy atom. The number of fused-ring (bicyclic) bond motifs is 3. The largest absolute Gasteiger partial charge is 0.491 e. The number of carboxylic acids is 2. The molecule has 39 heavy (non-hydrogen) atoms. The number of anilines is 1. The normalized spacial score (nSPS) is 17.1. The Hall–Kier alpha value is -4.09. The quantitative estimate of drug-likeness (QED) is 0.354. The Morgan fingerprint density at radius 3 is 2.44 bits per heavy atom. The molecule has 4 rings (SSSR count). The lowest BCUT2D eigenvalue weighted by Crippen LogP contribution is -2.39. The minimum Gasteiger partial charge on any atom is -0.491 e. The molecule has 2 atom stereocenters. The number of hydrogen-bond acceptors (Lipinski definition) is 7. The highest BCUT2D eigenvalue weighted by atomic mass is 19.1. The first-order valence-corrected chi connectivity index (χ1v) is 12.5. The number of amides is 1. The second kappa shape index (κ2) is 13.6. The van der Waals surface area contributed by atoms with Gasteiger partial charge in [-0.15, -0.1) is 0 Å². The van der Waals surface area contributed by atoms with E-state index in [-0.39, 0.29) is 24.2 Å². The van der Waals surface area contributed by atoms with Crippen LogP contribution in [0.4, 0.5) is 10.1 Å². The van der Waals surface area contributed by atoms with Gasteiger partial charge in [-0.2, -0.15) is 5.10 Å². The van der Waals surface area contributed by atoms with Crippen LogP contribution in [-0.2, 0) is 20.8 Å². The number of halogens is 1. The van der Waals surface area contributed by atoms with E-state index in [4.69, 9.17) is 14.9 Å². The number of hydrogen-bond donors (Lipinski definition) is 4. The van der Waals surface area contributed by atoms with Crippen LogP contribution in [0.15, 0.2) is 59.7 Å². The van der Waals surface area contributed by atoms with Crippen molar-refractivity contribution in [1.29, 1.82) is 0 Å². The molecule has 1 aliphatic carbocycles. The van der Waals surface area contributed by atoms with E-state index in [1.807, 2.05) is 13.8 Å². The van der Waals surface area contributed by atoms with Gasteiger partial charge in [-0.3, -0.25) is 4.79 Å². The van der Waals surface area contributed by atoms with Crippen LogP contribution in [0.5, 0.6) is 5.75 Å². The number of carbonyl (C=O) groups excluding carboxylic acids is 1. The van der Waals surface area contributed by atoms with Crippen molar-refractivity contribution in [3.8, 4) is 5.75 Å². The third kappa shape index (κ3) is 8.72. The predicted molar refractivity (Wildman–Crippen MR) is 142 cm³/mol. The molecule has 2 aromatic carbocycles. The summed E-state index contributed by atoms with van der Waals surface area (Å²) in [6.07, 6.45) is 2.54. The number of aliphatic carboxylic acids is 2. The Labute approximate surface area is 225 Å². The number of rotatable bonds is 9. The van der Waals surface area contributed by atoms with Crippen LogP contribution in [0, 0.1) is 11.7 Å². The molecular formula is C28H32FN3O7. The third-order valence-corrected chi connectivity index (χ3v) is 6.02. The fourth-order valence-electron chi connectivity index (χ4n) is 4.14. The number of nitrogens with one attached hydrogen (secondary N) is 1. The van der Waals surface area contributed by atoms with Crippen LogP contribution in [0.1, 0.15) is 37.8 Å². The predicted octanol–water partition coefficient (Wildman–Crippen LogP) is 2.98. The SMILES string of the molecule is CC(C)NCC(O)COc1ccc(N2N=C3c4cc(F)ccc4CCC3CC2=O)cc1.O=C(O)/C=C\C(=O)O. The van der Waals surface area contributed by atoms with Crippen LogP contribution in [0.3, 0.4) is 0 Å². The molecule has 0 fully saturated rings. The van der Waals surface area contributed by atoms with E-state index in [2.05, 4.69) is 10.4 Å². The van der Waals surface area contributed by atoms with Gasteiger partial charge in [0.05, 0.1) is 11.4 Å². The first kappa shape index (κ1) is 29.5. The molecule has 4 N–H and O–H groups in total. The summed E-state index contributed by atoms with van der Waals surface area (Å²) in [4.78, 5) is 31.8. The highest BCUT2D eigenvalue weighted by Crippen LogP contribution is 2.34. The molecule has 0 spiro atoms. The van der Waals surface area contributed by atoms with Gasteiger partial charge in [0.1, 0.15) is 24.3 Å². The number of nitrogens with zero attached hydrogens (tertiary/aromatic N) is 2. The van der Waals surface area contributed by atoms with Crippen LogP contribution in [0.2, 0.25) is 0 Å². The molecule has 1 aliphatic heterocycles. The van der Waals surface area contributed by atoms with Gasteiger partial charge >= 0.3 is 11.9 Å². The number of aryl methyl sites for hydroxylation is 1. The van der Waals surface area contributed by atoms with Crippen LogP contribution in [0.25, 0.3) is 0 Å². The van der Waals surface area contributed by atoms with Gasteiger partial charge < -0.3 is 25.4 Å². The second-order valence-electron chi connectivity index (χ2n) is 9.46. The van der Waals surface area contributed by atoms with Crippen LogP contribution < -0.4 is 15.1 Å². The van der Waals surface area contributed by atoms with E-state index in [0.29, 0.717) is 42.6 Å². The number of carbonyl (C=O) groups is 3. The second-order valence-corrected chi connectivity index (χ2v) is 9.46. The average Bonchev–Trinajstić information content (AvgIpc) is 2.89. The summed E-state index contributed by atoms with van der Waals surface area (Å²) < 4.78 is 19.5. The molecule has 2 aromatic rings. The van der Waals surface area contributed by atoms with Gasteiger partial charge in [0.25, 0.3) is 0 Å². The van der Waals surface area contributed by atoms with Crippen molar-refractivity contribution in [3.63, 3.8) is 0 Å². The van der Waals surface area contributed by atoms with Crippen molar-refractivity contribution in [2.45, 2.75) is 45.3 Å². The maximum absolute atomic E-state index is 13.8. The molecule has 11 heteroatoms. The minimum atomic E-state index is -1.26. The zero-order chi connectivity index (χ0) is 28.5. The topological polar surface area (TPSA) is 149 Å². The zero-order valence-corrected chi connectivity index (χ0v) is 21.7. The molecule has 1 heterocycles. The smallest absolute Gasteiger partial charge is 0.328 e. The monoisotopic (exact) mass is 541 g/mol. The summed E-state index contributed by atoms with van der Waals surface area (Å²) in [7, 11) is 0. The molecule has 2 unspecified atom stereocenters. The van der Waals surface area contributed by atoms with E-state index in [1.54, 1.807) is 30.3 Å². The zero-order valence-electron chi connectivity index (χ0n) is 21.7. The number of hydrazone groups is 1. The van der Waals surface area contributed by atoms with Crippen molar-refractivity contribution >= 4 is 29.2 Å². The lowest BCUT2D eigenvalue weighted by atomic mass is 9.79.